The largest absolute Gasteiger partial charge is 0.366 e. The highest BCUT2D eigenvalue weighted by Gasteiger charge is 2.39. The highest BCUT2D eigenvalue weighted by Crippen LogP contribution is 2.33. The normalized spacial score (nSPS) is 19.3. The van der Waals surface area contributed by atoms with Gasteiger partial charge in [-0.1, -0.05) is 48.7 Å². The first-order valence-electron chi connectivity index (χ1n) is 8.69. The standard InChI is InChI=1S/C18H20Cl3N3O2S/c1-3-18(4-2)11-23(7-8-27(18)26)15-10-22-24(17(25)16(15)21)14-6-5-12(19)9-13(14)20/h5-6,9-10H,3-4,7-8,11H2,1-2H3. The lowest BCUT2D eigenvalue weighted by molar-refractivity contribution is 0.495. The van der Waals surface area contributed by atoms with Gasteiger partial charge in [0.1, 0.15) is 5.02 Å². The Morgan fingerprint density at radius 1 is 1.19 bits per heavy atom. The van der Waals surface area contributed by atoms with E-state index in [1.165, 1.54) is 4.68 Å². The van der Waals surface area contributed by atoms with E-state index in [1.54, 1.807) is 24.4 Å². The summed E-state index contributed by atoms with van der Waals surface area (Å²) >= 11 is 18.5. The third-order valence-electron chi connectivity index (χ3n) is 5.18. The zero-order chi connectivity index (χ0) is 19.8. The fourth-order valence-electron chi connectivity index (χ4n) is 3.38. The molecule has 2 aromatic rings. The average molecular weight is 449 g/mol. The molecule has 1 atom stereocenters. The first-order valence-corrected chi connectivity index (χ1v) is 11.1. The molecule has 27 heavy (non-hydrogen) atoms. The van der Waals surface area contributed by atoms with Crippen molar-refractivity contribution in [3.8, 4) is 5.69 Å². The molecule has 0 N–H and O–H groups in total. The van der Waals surface area contributed by atoms with Crippen molar-refractivity contribution in [2.24, 2.45) is 0 Å². The van der Waals surface area contributed by atoms with E-state index in [4.69, 9.17) is 34.8 Å². The van der Waals surface area contributed by atoms with E-state index >= 15 is 0 Å². The quantitative estimate of drug-likeness (QED) is 0.699. The van der Waals surface area contributed by atoms with E-state index in [2.05, 4.69) is 5.10 Å². The Bertz CT molecular complexity index is 944. The summed E-state index contributed by atoms with van der Waals surface area (Å²) in [6.07, 6.45) is 3.17. The number of hydrogen-bond acceptors (Lipinski definition) is 4. The summed E-state index contributed by atoms with van der Waals surface area (Å²) in [4.78, 5) is 14.8. The van der Waals surface area contributed by atoms with E-state index in [9.17, 15) is 9.00 Å². The minimum absolute atomic E-state index is 0.0739. The Kier molecular flexibility index (Phi) is 6.21. The van der Waals surface area contributed by atoms with Crippen LogP contribution in [-0.2, 0) is 10.8 Å². The van der Waals surface area contributed by atoms with Gasteiger partial charge in [-0.2, -0.15) is 9.78 Å². The molecule has 1 aliphatic rings. The topological polar surface area (TPSA) is 55.2 Å². The summed E-state index contributed by atoms with van der Waals surface area (Å²) in [5, 5.41) is 5.12. The number of aromatic nitrogens is 2. The van der Waals surface area contributed by atoms with Crippen molar-refractivity contribution < 1.29 is 4.21 Å². The van der Waals surface area contributed by atoms with Crippen LogP contribution in [0.5, 0.6) is 0 Å². The van der Waals surface area contributed by atoms with Crippen LogP contribution in [0, 0.1) is 0 Å². The molecule has 3 rings (SSSR count). The third-order valence-corrected chi connectivity index (χ3v) is 8.30. The van der Waals surface area contributed by atoms with Gasteiger partial charge in [-0.05, 0) is 31.0 Å². The van der Waals surface area contributed by atoms with Crippen LogP contribution in [0.2, 0.25) is 15.1 Å². The lowest BCUT2D eigenvalue weighted by Crippen LogP contribution is -2.53. The molecule has 1 aliphatic heterocycles. The summed E-state index contributed by atoms with van der Waals surface area (Å²) in [5.41, 5.74) is 0.519. The van der Waals surface area contributed by atoms with Crippen molar-refractivity contribution in [1.82, 2.24) is 9.78 Å². The lowest BCUT2D eigenvalue weighted by Gasteiger charge is -2.42. The number of nitrogens with zero attached hydrogens (tertiary/aromatic N) is 3. The summed E-state index contributed by atoms with van der Waals surface area (Å²) in [7, 11) is -0.901. The number of benzene rings is 1. The number of halogens is 3. The van der Waals surface area contributed by atoms with Gasteiger partial charge in [0.05, 0.1) is 27.3 Å². The van der Waals surface area contributed by atoms with Gasteiger partial charge in [0.2, 0.25) is 0 Å². The van der Waals surface area contributed by atoms with Gasteiger partial charge in [0, 0.05) is 34.7 Å². The molecule has 1 aromatic heterocycles. The molecule has 5 nitrogen and oxygen atoms in total. The highest BCUT2D eigenvalue weighted by molar-refractivity contribution is 7.86. The molecule has 146 valence electrons. The van der Waals surface area contributed by atoms with Crippen molar-refractivity contribution in [3.05, 3.63) is 49.8 Å². The van der Waals surface area contributed by atoms with Crippen LogP contribution in [0.1, 0.15) is 26.7 Å². The van der Waals surface area contributed by atoms with Crippen molar-refractivity contribution in [3.63, 3.8) is 0 Å². The monoisotopic (exact) mass is 447 g/mol. The van der Waals surface area contributed by atoms with E-state index in [-0.39, 0.29) is 9.77 Å². The van der Waals surface area contributed by atoms with Gasteiger partial charge in [0.15, 0.2) is 0 Å². The maximum atomic E-state index is 12.8. The van der Waals surface area contributed by atoms with Gasteiger partial charge < -0.3 is 4.90 Å². The van der Waals surface area contributed by atoms with Crippen LogP contribution in [-0.4, -0.2) is 37.6 Å². The molecular weight excluding hydrogens is 429 g/mol. The zero-order valence-electron chi connectivity index (χ0n) is 15.0. The van der Waals surface area contributed by atoms with Gasteiger partial charge in [0.25, 0.3) is 5.56 Å². The van der Waals surface area contributed by atoms with Crippen molar-refractivity contribution in [1.29, 1.82) is 0 Å². The molecular formula is C18H20Cl3N3O2S. The Hall–Kier alpha value is -1.08. The molecule has 1 fully saturated rings. The van der Waals surface area contributed by atoms with Crippen molar-refractivity contribution in [2.75, 3.05) is 23.7 Å². The Morgan fingerprint density at radius 3 is 2.52 bits per heavy atom. The Morgan fingerprint density at radius 2 is 1.89 bits per heavy atom. The van der Waals surface area contributed by atoms with Crippen LogP contribution in [0.3, 0.4) is 0 Å². The summed E-state index contributed by atoms with van der Waals surface area (Å²) < 4.78 is 13.4. The molecule has 0 radical (unpaired) electrons. The van der Waals surface area contributed by atoms with Crippen LogP contribution in [0.4, 0.5) is 5.69 Å². The van der Waals surface area contributed by atoms with Crippen molar-refractivity contribution in [2.45, 2.75) is 31.4 Å². The average Bonchev–Trinajstić information content (AvgIpc) is 2.65. The predicted molar refractivity (Wildman–Crippen MR) is 113 cm³/mol. The van der Waals surface area contributed by atoms with E-state index < -0.39 is 16.4 Å². The van der Waals surface area contributed by atoms with Crippen LogP contribution in [0.15, 0.2) is 29.2 Å². The Labute approximate surface area is 175 Å². The molecule has 9 heteroatoms. The number of anilines is 1. The second-order valence-electron chi connectivity index (χ2n) is 6.52. The molecule has 0 aliphatic carbocycles. The molecule has 0 spiro atoms. The van der Waals surface area contributed by atoms with Gasteiger partial charge in [-0.3, -0.25) is 9.00 Å². The molecule has 0 saturated carbocycles. The van der Waals surface area contributed by atoms with Crippen LogP contribution in [0.25, 0.3) is 5.69 Å². The summed E-state index contributed by atoms with van der Waals surface area (Å²) in [5.74, 6) is 0.546. The number of hydrogen-bond donors (Lipinski definition) is 0. The summed E-state index contributed by atoms with van der Waals surface area (Å²) in [6, 6.07) is 4.80. The molecule has 0 bridgehead atoms. The second-order valence-corrected chi connectivity index (χ2v) is 9.70. The second kappa shape index (κ2) is 8.11. The van der Waals surface area contributed by atoms with E-state index in [1.807, 2.05) is 18.7 Å². The maximum absolute atomic E-state index is 12.8. The first kappa shape index (κ1) is 20.6. The van der Waals surface area contributed by atoms with E-state index in [0.29, 0.717) is 40.3 Å². The van der Waals surface area contributed by atoms with E-state index in [0.717, 1.165) is 12.8 Å². The molecule has 1 aromatic carbocycles. The Balaban J connectivity index is 2.01. The predicted octanol–water partition coefficient (Wildman–Crippen LogP) is 4.32. The minimum Gasteiger partial charge on any atom is -0.366 e. The van der Waals surface area contributed by atoms with Crippen LogP contribution >= 0.6 is 34.8 Å². The fourth-order valence-corrected chi connectivity index (χ4v) is 5.88. The third kappa shape index (κ3) is 3.77. The van der Waals surface area contributed by atoms with Gasteiger partial charge in [-0.25, -0.2) is 0 Å². The minimum atomic E-state index is -0.901. The molecule has 0 amide bonds. The van der Waals surface area contributed by atoms with Crippen molar-refractivity contribution >= 4 is 51.3 Å². The summed E-state index contributed by atoms with van der Waals surface area (Å²) in [6.45, 7) is 5.25. The fraction of sp³-hybridized carbons (Fsp3) is 0.444. The molecule has 2 heterocycles. The maximum Gasteiger partial charge on any atom is 0.292 e. The number of rotatable bonds is 4. The van der Waals surface area contributed by atoms with Crippen LogP contribution < -0.4 is 10.5 Å². The SMILES string of the molecule is CCC1(CC)CN(c2cnn(-c3ccc(Cl)cc3Cl)c(=O)c2Cl)CCS1=O. The molecule has 1 unspecified atom stereocenters. The zero-order valence-corrected chi connectivity index (χ0v) is 18.1. The van der Waals surface area contributed by atoms with Gasteiger partial charge >= 0.3 is 0 Å². The first-order chi connectivity index (χ1) is 12.8. The van der Waals surface area contributed by atoms with Gasteiger partial charge in [-0.15, -0.1) is 0 Å². The highest BCUT2D eigenvalue weighted by atomic mass is 35.5. The molecule has 1 saturated heterocycles. The lowest BCUT2D eigenvalue weighted by atomic mass is 10.0. The smallest absolute Gasteiger partial charge is 0.292 e.